The summed E-state index contributed by atoms with van der Waals surface area (Å²) in [5.41, 5.74) is 3.58. The van der Waals surface area contributed by atoms with Crippen molar-refractivity contribution in [1.82, 2.24) is 15.0 Å². The summed E-state index contributed by atoms with van der Waals surface area (Å²) in [6.07, 6.45) is 7.26. The molecule has 0 radical (unpaired) electrons. The number of sulfone groups is 1. The normalized spacial score (nSPS) is 20.6. The lowest BCUT2D eigenvalue weighted by Gasteiger charge is -2.32. The fraction of sp³-hybridized carbons (Fsp3) is 0.360. The van der Waals surface area contributed by atoms with Crippen LogP contribution in [-0.4, -0.2) is 29.6 Å². The van der Waals surface area contributed by atoms with Gasteiger partial charge in [-0.05, 0) is 85.5 Å². The molecule has 166 valence electrons. The first-order chi connectivity index (χ1) is 15.3. The minimum Gasteiger partial charge on any atom is -0.342 e. The molecule has 0 saturated heterocycles. The number of benzene rings is 2. The average molecular weight is 452 g/mol. The molecule has 0 bridgehead atoms. The number of fused-ring (bicyclic) bond motifs is 2. The molecule has 0 spiro atoms. The number of aromatic amines is 1. The second kappa shape index (κ2) is 7.96. The summed E-state index contributed by atoms with van der Waals surface area (Å²) in [7, 11) is -3.25. The van der Waals surface area contributed by atoms with E-state index >= 15 is 0 Å². The maximum Gasteiger partial charge on any atom is 0.175 e. The summed E-state index contributed by atoms with van der Waals surface area (Å²) < 4.78 is 37.6. The third kappa shape index (κ3) is 3.90. The maximum absolute atomic E-state index is 13.8. The van der Waals surface area contributed by atoms with Crippen LogP contribution in [0.25, 0.3) is 21.9 Å². The van der Waals surface area contributed by atoms with Gasteiger partial charge in [0, 0.05) is 23.8 Å². The smallest absolute Gasteiger partial charge is 0.175 e. The molecule has 0 aliphatic heterocycles. The van der Waals surface area contributed by atoms with E-state index in [0.29, 0.717) is 16.7 Å². The topological polar surface area (TPSA) is 75.7 Å². The molecule has 1 saturated carbocycles. The summed E-state index contributed by atoms with van der Waals surface area (Å²) in [5.74, 6) is 1.82. The fourth-order valence-corrected chi connectivity index (χ4v) is 5.75. The van der Waals surface area contributed by atoms with Gasteiger partial charge in [-0.3, -0.25) is 4.98 Å². The fourth-order valence-electron chi connectivity index (χ4n) is 5.10. The predicted octanol–water partition coefficient (Wildman–Crippen LogP) is 5.73. The molecule has 1 fully saturated rings. The van der Waals surface area contributed by atoms with Crippen LogP contribution in [0.2, 0.25) is 0 Å². The quantitative estimate of drug-likeness (QED) is 0.430. The van der Waals surface area contributed by atoms with Crippen molar-refractivity contribution in [3.8, 4) is 0 Å². The van der Waals surface area contributed by atoms with Crippen LogP contribution in [0, 0.1) is 11.7 Å². The number of halogens is 1. The highest BCUT2D eigenvalue weighted by Crippen LogP contribution is 2.43. The van der Waals surface area contributed by atoms with Crippen LogP contribution < -0.4 is 0 Å². The monoisotopic (exact) mass is 451 g/mol. The highest BCUT2D eigenvalue weighted by Gasteiger charge is 2.29. The molecule has 0 amide bonds. The van der Waals surface area contributed by atoms with Crippen LogP contribution >= 0.6 is 0 Å². The van der Waals surface area contributed by atoms with E-state index in [9.17, 15) is 12.8 Å². The summed E-state index contributed by atoms with van der Waals surface area (Å²) in [6, 6.07) is 11.9. The molecule has 5 nitrogen and oxygen atoms in total. The van der Waals surface area contributed by atoms with Gasteiger partial charge in [0.05, 0.1) is 21.4 Å². The van der Waals surface area contributed by atoms with Gasteiger partial charge >= 0.3 is 0 Å². The average Bonchev–Trinajstić information content (AvgIpc) is 3.21. The van der Waals surface area contributed by atoms with Gasteiger partial charge < -0.3 is 4.98 Å². The molecular weight excluding hydrogens is 425 g/mol. The Hall–Kier alpha value is -2.80. The van der Waals surface area contributed by atoms with E-state index in [2.05, 4.69) is 16.9 Å². The minimum atomic E-state index is -3.25. The highest BCUT2D eigenvalue weighted by atomic mass is 32.2. The third-order valence-electron chi connectivity index (χ3n) is 6.99. The molecule has 2 aromatic carbocycles. The summed E-state index contributed by atoms with van der Waals surface area (Å²) >= 11 is 0. The van der Waals surface area contributed by atoms with Crippen LogP contribution in [0.1, 0.15) is 55.8 Å². The predicted molar refractivity (Wildman–Crippen MR) is 124 cm³/mol. The van der Waals surface area contributed by atoms with Gasteiger partial charge in [0.15, 0.2) is 9.84 Å². The Labute approximate surface area is 187 Å². The molecule has 2 aromatic heterocycles. The Bertz CT molecular complexity index is 1410. The zero-order chi connectivity index (χ0) is 22.5. The third-order valence-corrected chi connectivity index (χ3v) is 8.10. The first kappa shape index (κ1) is 21.1. The van der Waals surface area contributed by atoms with Crippen LogP contribution in [0.15, 0.2) is 53.6 Å². The molecule has 32 heavy (non-hydrogen) atoms. The van der Waals surface area contributed by atoms with E-state index < -0.39 is 9.84 Å². The van der Waals surface area contributed by atoms with Gasteiger partial charge in [-0.25, -0.2) is 17.8 Å². The van der Waals surface area contributed by atoms with Crippen LogP contribution in [0.3, 0.4) is 0 Å². The van der Waals surface area contributed by atoms with Crippen LogP contribution in [0.5, 0.6) is 0 Å². The number of nitrogens with zero attached hydrogens (tertiary/aromatic N) is 2. The number of imidazole rings is 1. The second-order valence-corrected chi connectivity index (χ2v) is 11.1. The maximum atomic E-state index is 13.8. The van der Waals surface area contributed by atoms with Gasteiger partial charge in [-0.2, -0.15) is 0 Å². The van der Waals surface area contributed by atoms with Gasteiger partial charge in [0.1, 0.15) is 11.6 Å². The van der Waals surface area contributed by atoms with Crippen molar-refractivity contribution < 1.29 is 12.8 Å². The summed E-state index contributed by atoms with van der Waals surface area (Å²) in [4.78, 5) is 12.8. The Morgan fingerprint density at radius 2 is 1.78 bits per heavy atom. The molecule has 2 heterocycles. The van der Waals surface area contributed by atoms with E-state index in [1.807, 2.05) is 12.3 Å². The van der Waals surface area contributed by atoms with Crippen LogP contribution in [-0.2, 0) is 9.84 Å². The van der Waals surface area contributed by atoms with E-state index in [-0.39, 0.29) is 11.7 Å². The first-order valence-electron chi connectivity index (χ1n) is 11.0. The number of hydrogen-bond acceptors (Lipinski definition) is 4. The first-order valence-corrected chi connectivity index (χ1v) is 12.9. The Balaban J connectivity index is 1.34. The Morgan fingerprint density at radius 3 is 2.53 bits per heavy atom. The lowest BCUT2D eigenvalue weighted by Crippen LogP contribution is -2.19. The van der Waals surface area contributed by atoms with Gasteiger partial charge in [0.2, 0.25) is 0 Å². The minimum absolute atomic E-state index is 0.224. The lowest BCUT2D eigenvalue weighted by atomic mass is 9.73. The Kier molecular flexibility index (Phi) is 5.24. The summed E-state index contributed by atoms with van der Waals surface area (Å²) in [5, 5.41) is 0.919. The van der Waals surface area contributed by atoms with E-state index in [0.717, 1.165) is 53.4 Å². The number of pyridine rings is 1. The molecule has 7 heteroatoms. The lowest BCUT2D eigenvalue weighted by molar-refractivity contribution is 0.286. The van der Waals surface area contributed by atoms with Gasteiger partial charge in [-0.1, -0.05) is 6.92 Å². The van der Waals surface area contributed by atoms with Crippen molar-refractivity contribution in [1.29, 1.82) is 0 Å². The Morgan fingerprint density at radius 1 is 1.03 bits per heavy atom. The molecule has 1 aliphatic rings. The standard InChI is InChI=1S/C25H26FN3O2S/c1-15(25-28-23-10-8-19(32(2,30)31)14-24(23)29-25)16-3-5-17(6-4-16)20-11-12-27-22-9-7-18(26)13-21(20)22/h7-17H,3-6H2,1-2H3,(H,28,29)/t15-,16?,17?/m1/s1. The van der Waals surface area contributed by atoms with E-state index in [1.54, 1.807) is 30.3 Å². The molecule has 5 rings (SSSR count). The zero-order valence-electron chi connectivity index (χ0n) is 18.2. The molecular formula is C25H26FN3O2S. The number of hydrogen-bond donors (Lipinski definition) is 1. The molecule has 1 aliphatic carbocycles. The number of nitrogens with one attached hydrogen (secondary N) is 1. The second-order valence-electron chi connectivity index (χ2n) is 9.04. The SMILES string of the molecule is C[C@@H](c1nc2ccc(S(C)(=O)=O)cc2[nH]1)C1CCC(c2ccnc3ccc(F)cc23)CC1. The van der Waals surface area contributed by atoms with Crippen molar-refractivity contribution in [3.63, 3.8) is 0 Å². The molecule has 1 atom stereocenters. The van der Waals surface area contributed by atoms with Crippen molar-refractivity contribution in [2.45, 2.75) is 49.3 Å². The van der Waals surface area contributed by atoms with Gasteiger partial charge in [-0.15, -0.1) is 0 Å². The number of H-pyrrole nitrogens is 1. The largest absolute Gasteiger partial charge is 0.342 e. The number of aromatic nitrogens is 3. The van der Waals surface area contributed by atoms with E-state index in [1.165, 1.54) is 17.9 Å². The molecule has 0 unspecified atom stereocenters. The van der Waals surface area contributed by atoms with Crippen molar-refractivity contribution >= 4 is 31.8 Å². The van der Waals surface area contributed by atoms with Crippen molar-refractivity contribution in [2.75, 3.05) is 6.26 Å². The number of rotatable bonds is 4. The van der Waals surface area contributed by atoms with Crippen molar-refractivity contribution in [2.24, 2.45) is 5.92 Å². The van der Waals surface area contributed by atoms with Crippen LogP contribution in [0.4, 0.5) is 4.39 Å². The van der Waals surface area contributed by atoms with E-state index in [4.69, 9.17) is 4.98 Å². The van der Waals surface area contributed by atoms with Crippen molar-refractivity contribution in [3.05, 3.63) is 65.9 Å². The molecule has 4 aromatic rings. The highest BCUT2D eigenvalue weighted by molar-refractivity contribution is 7.90. The zero-order valence-corrected chi connectivity index (χ0v) is 19.0. The summed E-state index contributed by atoms with van der Waals surface area (Å²) in [6.45, 7) is 2.19. The molecule has 1 N–H and O–H groups in total. The van der Waals surface area contributed by atoms with Gasteiger partial charge in [0.25, 0.3) is 0 Å².